The smallest absolute Gasteiger partial charge is 0.175 e. The van der Waals surface area contributed by atoms with Crippen LogP contribution in [-0.2, 0) is 14.4 Å². The third kappa shape index (κ3) is 6.21. The molecule has 0 radical (unpaired) electrons. The van der Waals surface area contributed by atoms with Crippen molar-refractivity contribution in [1.82, 2.24) is 4.98 Å². The van der Waals surface area contributed by atoms with Crippen LogP contribution in [0.5, 0.6) is 0 Å². The molecule has 162 valence electrons. The molecule has 1 N–H and O–H groups in total. The maximum absolute atomic E-state index is 12.6. The average molecular weight is 457 g/mol. The summed E-state index contributed by atoms with van der Waals surface area (Å²) in [5.74, 6) is -1.25. The average Bonchev–Trinajstić information content (AvgIpc) is 2.77. The van der Waals surface area contributed by atoms with E-state index in [1.807, 2.05) is 24.5 Å². The van der Waals surface area contributed by atoms with Crippen LogP contribution in [0.1, 0.15) is 37.8 Å². The number of ketones is 2. The largest absolute Gasteiger partial charge is 0.511 e. The van der Waals surface area contributed by atoms with Crippen LogP contribution in [0, 0.1) is 0 Å². The number of carbonyl (C=O) groups excluding carboxylic acids is 2. The zero-order valence-corrected chi connectivity index (χ0v) is 19.0. The minimum Gasteiger partial charge on any atom is -0.511 e. The minimum absolute atomic E-state index is 0.0878. The highest BCUT2D eigenvalue weighted by atomic mass is 32.2. The van der Waals surface area contributed by atoms with E-state index < -0.39 is 5.78 Å². The molecule has 6 nitrogen and oxygen atoms in total. The lowest BCUT2D eigenvalue weighted by Crippen LogP contribution is -2.24. The second-order valence-corrected chi connectivity index (χ2v) is 8.83. The van der Waals surface area contributed by atoms with Gasteiger partial charge in [-0.25, -0.2) is 4.98 Å². The normalized spacial score (nSPS) is 16.7. The van der Waals surface area contributed by atoms with Crippen LogP contribution in [0.3, 0.4) is 0 Å². The summed E-state index contributed by atoms with van der Waals surface area (Å²) in [6, 6.07) is 13.9. The van der Waals surface area contributed by atoms with E-state index >= 15 is 0 Å². The number of thioether (sulfide) groups is 1. The lowest BCUT2D eigenvalue weighted by molar-refractivity contribution is -0.122. The summed E-state index contributed by atoms with van der Waals surface area (Å²) in [6.07, 6.45) is 3.60. The van der Waals surface area contributed by atoms with Gasteiger partial charge >= 0.3 is 0 Å². The fraction of sp³-hybridized carbons (Fsp3) is 0.304. The zero-order valence-electron chi connectivity index (χ0n) is 17.4. The highest BCUT2D eigenvalue weighted by molar-refractivity contribution is 7.99. The Kier molecular flexibility index (Phi) is 8.31. The number of aliphatic hydroxyl groups is 1. The van der Waals surface area contributed by atoms with Crippen molar-refractivity contribution in [3.05, 3.63) is 59.5 Å². The first-order chi connectivity index (χ1) is 15.0. The topological polar surface area (TPSA) is 88.8 Å². The maximum Gasteiger partial charge on any atom is 0.175 e. The van der Waals surface area contributed by atoms with Crippen molar-refractivity contribution in [2.75, 3.05) is 12.9 Å². The number of nitrogens with zero attached hydrogens (tertiary/aromatic N) is 2. The maximum atomic E-state index is 12.6. The molecule has 1 aromatic carbocycles. The van der Waals surface area contributed by atoms with Crippen LogP contribution in [-0.4, -0.2) is 40.7 Å². The van der Waals surface area contributed by atoms with Gasteiger partial charge in [-0.2, -0.15) is 0 Å². The highest BCUT2D eigenvalue weighted by Gasteiger charge is 2.32. The Labute approximate surface area is 190 Å². The fourth-order valence-corrected chi connectivity index (χ4v) is 4.47. The summed E-state index contributed by atoms with van der Waals surface area (Å²) in [6.45, 7) is 2.17. The van der Waals surface area contributed by atoms with E-state index in [1.165, 1.54) is 11.1 Å². The number of benzene rings is 1. The fourth-order valence-electron chi connectivity index (χ4n) is 3.25. The van der Waals surface area contributed by atoms with Gasteiger partial charge in [-0.3, -0.25) is 9.59 Å². The van der Waals surface area contributed by atoms with E-state index in [9.17, 15) is 14.7 Å². The van der Waals surface area contributed by atoms with Crippen molar-refractivity contribution < 1.29 is 19.5 Å². The lowest BCUT2D eigenvalue weighted by atomic mass is 9.83. The molecule has 1 aliphatic rings. The van der Waals surface area contributed by atoms with E-state index in [0.717, 1.165) is 15.6 Å². The van der Waals surface area contributed by atoms with Crippen LogP contribution in [0.4, 0.5) is 0 Å². The SMILES string of the molecule is CCON=CCC(=O)C1=C(O)CC(c2cccc(Sc3ccc(SC)cc3)n2)CC1=O. The van der Waals surface area contributed by atoms with Gasteiger partial charge in [-0.1, -0.05) is 23.0 Å². The number of aromatic nitrogens is 1. The molecule has 0 saturated carbocycles. The molecule has 0 saturated heterocycles. The van der Waals surface area contributed by atoms with E-state index in [0.29, 0.717) is 6.61 Å². The van der Waals surface area contributed by atoms with E-state index in [2.05, 4.69) is 29.4 Å². The second kappa shape index (κ2) is 11.2. The molecule has 1 aromatic heterocycles. The molecule has 8 heteroatoms. The second-order valence-electron chi connectivity index (χ2n) is 6.86. The van der Waals surface area contributed by atoms with Crippen molar-refractivity contribution in [3.63, 3.8) is 0 Å². The number of rotatable bonds is 9. The predicted molar refractivity (Wildman–Crippen MR) is 123 cm³/mol. The Morgan fingerprint density at radius 1 is 1.23 bits per heavy atom. The van der Waals surface area contributed by atoms with E-state index in [1.54, 1.807) is 30.4 Å². The first-order valence-corrected chi connectivity index (χ1v) is 12.0. The molecule has 1 aliphatic carbocycles. The zero-order chi connectivity index (χ0) is 22.2. The molecule has 0 amide bonds. The van der Waals surface area contributed by atoms with Crippen molar-refractivity contribution in [2.24, 2.45) is 5.16 Å². The molecule has 2 aromatic rings. The standard InChI is InChI=1S/C23H24N2O4S2/c1-3-29-24-12-11-19(26)23-20(27)13-15(14-21(23)28)18-5-4-6-22(25-18)31-17-9-7-16(30-2)8-10-17/h4-10,12,15,27H,3,11,13-14H2,1-2H3. The van der Waals surface area contributed by atoms with Gasteiger partial charge < -0.3 is 9.94 Å². The van der Waals surface area contributed by atoms with Gasteiger partial charge in [-0.05, 0) is 49.6 Å². The third-order valence-electron chi connectivity index (χ3n) is 4.72. The quantitative estimate of drug-likeness (QED) is 0.240. The van der Waals surface area contributed by atoms with Gasteiger partial charge in [0.2, 0.25) is 0 Å². The van der Waals surface area contributed by atoms with Crippen LogP contribution >= 0.6 is 23.5 Å². The van der Waals surface area contributed by atoms with Crippen molar-refractivity contribution in [1.29, 1.82) is 0 Å². The number of aliphatic hydroxyl groups excluding tert-OH is 1. The number of allylic oxidation sites excluding steroid dienone is 2. The molecular formula is C23H24N2O4S2. The molecule has 1 unspecified atom stereocenters. The Morgan fingerprint density at radius 3 is 2.65 bits per heavy atom. The summed E-state index contributed by atoms with van der Waals surface area (Å²) in [4.78, 5) is 36.7. The molecule has 0 aliphatic heterocycles. The first kappa shape index (κ1) is 23.1. The molecule has 0 bridgehead atoms. The molecule has 0 spiro atoms. The summed E-state index contributed by atoms with van der Waals surface area (Å²) in [5.41, 5.74) is 0.605. The van der Waals surface area contributed by atoms with Crippen LogP contribution in [0.15, 0.2) is 73.8 Å². The van der Waals surface area contributed by atoms with Crippen molar-refractivity contribution in [2.45, 2.75) is 46.9 Å². The third-order valence-corrected chi connectivity index (χ3v) is 6.41. The predicted octanol–water partition coefficient (Wildman–Crippen LogP) is 5.19. The van der Waals surface area contributed by atoms with Gasteiger partial charge in [0.25, 0.3) is 0 Å². The highest BCUT2D eigenvalue weighted by Crippen LogP contribution is 2.35. The summed E-state index contributed by atoms with van der Waals surface area (Å²) >= 11 is 3.24. The van der Waals surface area contributed by atoms with Gasteiger partial charge in [0.05, 0.1) is 18.2 Å². The Balaban J connectivity index is 1.71. The van der Waals surface area contributed by atoms with Crippen molar-refractivity contribution in [3.8, 4) is 0 Å². The van der Waals surface area contributed by atoms with Crippen molar-refractivity contribution >= 4 is 41.3 Å². The Morgan fingerprint density at radius 2 is 1.97 bits per heavy atom. The van der Waals surface area contributed by atoms with Gasteiger partial charge in [0, 0.05) is 34.2 Å². The van der Waals surface area contributed by atoms with Crippen LogP contribution in [0.25, 0.3) is 0 Å². The molecule has 3 rings (SSSR count). The first-order valence-electron chi connectivity index (χ1n) is 9.93. The van der Waals surface area contributed by atoms with Crippen LogP contribution < -0.4 is 0 Å². The number of Topliss-reactive ketones (excluding diaryl/α,β-unsaturated/α-hetero) is 2. The molecule has 0 fully saturated rings. The molecular weight excluding hydrogens is 432 g/mol. The molecule has 1 heterocycles. The minimum atomic E-state index is -0.449. The lowest BCUT2D eigenvalue weighted by Gasteiger charge is -2.22. The number of pyridine rings is 1. The number of carbonyl (C=O) groups is 2. The van der Waals surface area contributed by atoms with Gasteiger partial charge in [-0.15, -0.1) is 11.8 Å². The summed E-state index contributed by atoms with van der Waals surface area (Å²) in [5, 5.41) is 14.9. The monoisotopic (exact) mass is 456 g/mol. The Hall–Kier alpha value is -2.58. The van der Waals surface area contributed by atoms with Crippen LogP contribution in [0.2, 0.25) is 0 Å². The summed E-state index contributed by atoms with van der Waals surface area (Å²) in [7, 11) is 0. The number of hydrogen-bond donors (Lipinski definition) is 1. The number of hydrogen-bond acceptors (Lipinski definition) is 8. The van der Waals surface area contributed by atoms with Gasteiger partial charge in [0.1, 0.15) is 17.4 Å². The summed E-state index contributed by atoms with van der Waals surface area (Å²) < 4.78 is 0. The molecule has 31 heavy (non-hydrogen) atoms. The van der Waals surface area contributed by atoms with Gasteiger partial charge in [0.15, 0.2) is 11.6 Å². The van der Waals surface area contributed by atoms with E-state index in [4.69, 9.17) is 9.82 Å². The number of oxime groups is 1. The Bertz CT molecular complexity index is 1000. The molecule has 1 atom stereocenters. The van der Waals surface area contributed by atoms with E-state index in [-0.39, 0.29) is 42.3 Å².